The minimum absolute atomic E-state index is 0.408. The first-order valence-electron chi connectivity index (χ1n) is 5.15. The molecule has 16 heavy (non-hydrogen) atoms. The van der Waals surface area contributed by atoms with Crippen molar-refractivity contribution in [2.45, 2.75) is 18.8 Å². The van der Waals surface area contributed by atoms with E-state index in [4.69, 9.17) is 14.6 Å². The summed E-state index contributed by atoms with van der Waals surface area (Å²) in [6, 6.07) is 3.65. The number of aliphatic carboxylic acids is 1. The summed E-state index contributed by atoms with van der Waals surface area (Å²) in [6.07, 6.45) is 1.44. The first-order chi connectivity index (χ1) is 7.67. The third kappa shape index (κ3) is 1.60. The van der Waals surface area contributed by atoms with Gasteiger partial charge in [-0.05, 0) is 36.1 Å². The Morgan fingerprint density at radius 3 is 2.50 bits per heavy atom. The molecule has 0 aromatic heterocycles. The third-order valence-corrected chi connectivity index (χ3v) is 3.02. The van der Waals surface area contributed by atoms with Crippen molar-refractivity contribution in [1.82, 2.24) is 0 Å². The zero-order valence-electron chi connectivity index (χ0n) is 9.32. The number of carboxylic acids is 1. The van der Waals surface area contributed by atoms with Gasteiger partial charge in [0, 0.05) is 0 Å². The number of carboxylic acid groups (broad SMARTS) is 1. The Morgan fingerprint density at radius 1 is 1.31 bits per heavy atom. The molecule has 0 radical (unpaired) electrons. The predicted octanol–water partition coefficient (Wildman–Crippen LogP) is 1.82. The van der Waals surface area contributed by atoms with Crippen LogP contribution in [0.25, 0.3) is 0 Å². The van der Waals surface area contributed by atoms with Crippen LogP contribution < -0.4 is 9.47 Å². The average Bonchev–Trinajstić information content (AvgIpc) is 2.69. The topological polar surface area (TPSA) is 55.8 Å². The molecule has 0 heterocycles. The number of benzene rings is 1. The summed E-state index contributed by atoms with van der Waals surface area (Å²) in [5, 5.41) is 9.08. The maximum absolute atomic E-state index is 11.0. The molecule has 0 spiro atoms. The standard InChI is InChI=1S/C12H14O4/c1-15-10-5-7-3-4-8(12(13)14)9(7)6-11(10)16-2/h5-6,8H,3-4H2,1-2H3,(H,13,14). The van der Waals surface area contributed by atoms with Gasteiger partial charge < -0.3 is 14.6 Å². The fourth-order valence-corrected chi connectivity index (χ4v) is 2.19. The summed E-state index contributed by atoms with van der Waals surface area (Å²) in [5.74, 6) is 0.0717. The van der Waals surface area contributed by atoms with Gasteiger partial charge in [0.05, 0.1) is 20.1 Å². The first kappa shape index (κ1) is 10.8. The fourth-order valence-electron chi connectivity index (χ4n) is 2.19. The molecule has 0 saturated heterocycles. The maximum atomic E-state index is 11.0. The molecule has 0 bridgehead atoms. The normalized spacial score (nSPS) is 18.0. The summed E-state index contributed by atoms with van der Waals surface area (Å²) in [6.45, 7) is 0. The van der Waals surface area contributed by atoms with Gasteiger partial charge in [-0.3, -0.25) is 4.79 Å². The Bertz CT molecular complexity index is 425. The maximum Gasteiger partial charge on any atom is 0.310 e. The Balaban J connectivity index is 2.48. The van der Waals surface area contributed by atoms with Crippen LogP contribution in [0.15, 0.2) is 12.1 Å². The van der Waals surface area contributed by atoms with E-state index in [9.17, 15) is 4.79 Å². The van der Waals surface area contributed by atoms with Crippen LogP contribution in [0.2, 0.25) is 0 Å². The van der Waals surface area contributed by atoms with E-state index in [-0.39, 0.29) is 0 Å². The van der Waals surface area contributed by atoms with E-state index in [0.717, 1.165) is 17.5 Å². The average molecular weight is 222 g/mol. The second-order valence-corrected chi connectivity index (χ2v) is 3.84. The largest absolute Gasteiger partial charge is 0.493 e. The van der Waals surface area contributed by atoms with Crippen LogP contribution in [0.3, 0.4) is 0 Å². The Kier molecular flexibility index (Phi) is 2.73. The van der Waals surface area contributed by atoms with Crippen molar-refractivity contribution >= 4 is 5.97 Å². The van der Waals surface area contributed by atoms with E-state index in [0.29, 0.717) is 17.9 Å². The number of fused-ring (bicyclic) bond motifs is 1. The zero-order valence-corrected chi connectivity index (χ0v) is 9.32. The molecule has 1 atom stereocenters. The van der Waals surface area contributed by atoms with Crippen molar-refractivity contribution in [2.24, 2.45) is 0 Å². The van der Waals surface area contributed by atoms with E-state index in [2.05, 4.69) is 0 Å². The van der Waals surface area contributed by atoms with Gasteiger partial charge in [-0.1, -0.05) is 0 Å². The molecule has 0 amide bonds. The van der Waals surface area contributed by atoms with Gasteiger partial charge in [0.15, 0.2) is 11.5 Å². The molecule has 1 N–H and O–H groups in total. The second kappa shape index (κ2) is 4.04. The van der Waals surface area contributed by atoms with E-state index in [1.54, 1.807) is 20.3 Å². The molecule has 86 valence electrons. The predicted molar refractivity (Wildman–Crippen MR) is 58.2 cm³/mol. The van der Waals surface area contributed by atoms with Crippen LogP contribution in [0.5, 0.6) is 11.5 Å². The summed E-state index contributed by atoms with van der Waals surface area (Å²) in [5.41, 5.74) is 1.90. The first-order valence-corrected chi connectivity index (χ1v) is 5.15. The van der Waals surface area contributed by atoms with E-state index >= 15 is 0 Å². The number of ether oxygens (including phenoxy) is 2. The number of methoxy groups -OCH3 is 2. The van der Waals surface area contributed by atoms with Crippen molar-refractivity contribution in [1.29, 1.82) is 0 Å². The molecule has 1 aliphatic carbocycles. The zero-order chi connectivity index (χ0) is 11.7. The highest BCUT2D eigenvalue weighted by molar-refractivity contribution is 5.78. The van der Waals surface area contributed by atoms with Crippen molar-refractivity contribution in [3.63, 3.8) is 0 Å². The molecule has 0 fully saturated rings. The van der Waals surface area contributed by atoms with Gasteiger partial charge >= 0.3 is 5.97 Å². The molecule has 1 aromatic carbocycles. The smallest absolute Gasteiger partial charge is 0.310 e. The van der Waals surface area contributed by atoms with E-state index in [1.165, 1.54) is 0 Å². The van der Waals surface area contributed by atoms with Crippen LogP contribution in [0.1, 0.15) is 23.5 Å². The van der Waals surface area contributed by atoms with Gasteiger partial charge in [-0.25, -0.2) is 0 Å². The second-order valence-electron chi connectivity index (χ2n) is 3.84. The molecule has 1 unspecified atom stereocenters. The molecule has 0 saturated carbocycles. The monoisotopic (exact) mass is 222 g/mol. The van der Waals surface area contributed by atoms with Gasteiger partial charge in [-0.2, -0.15) is 0 Å². The summed E-state index contributed by atoms with van der Waals surface area (Å²) >= 11 is 0. The number of rotatable bonds is 3. The third-order valence-electron chi connectivity index (χ3n) is 3.02. The number of hydrogen-bond donors (Lipinski definition) is 1. The quantitative estimate of drug-likeness (QED) is 0.847. The lowest BCUT2D eigenvalue weighted by Gasteiger charge is -2.11. The van der Waals surface area contributed by atoms with Crippen LogP contribution in [-0.2, 0) is 11.2 Å². The molecule has 4 heteroatoms. The lowest BCUT2D eigenvalue weighted by atomic mass is 10.0. The summed E-state index contributed by atoms with van der Waals surface area (Å²) in [7, 11) is 3.13. The van der Waals surface area contributed by atoms with Crippen LogP contribution >= 0.6 is 0 Å². The Hall–Kier alpha value is -1.71. The molecule has 1 aromatic rings. The molecule has 1 aliphatic rings. The van der Waals surface area contributed by atoms with Crippen LogP contribution in [0.4, 0.5) is 0 Å². The highest BCUT2D eigenvalue weighted by atomic mass is 16.5. The van der Waals surface area contributed by atoms with Crippen LogP contribution in [0, 0.1) is 0 Å². The summed E-state index contributed by atoms with van der Waals surface area (Å²) in [4.78, 5) is 11.0. The van der Waals surface area contributed by atoms with Crippen molar-refractivity contribution in [3.8, 4) is 11.5 Å². The Labute approximate surface area is 93.8 Å². The van der Waals surface area contributed by atoms with E-state index < -0.39 is 11.9 Å². The summed E-state index contributed by atoms with van der Waals surface area (Å²) < 4.78 is 10.4. The minimum atomic E-state index is -0.772. The molecular formula is C12H14O4. The molecule has 2 rings (SSSR count). The molecule has 0 aliphatic heterocycles. The fraction of sp³-hybridized carbons (Fsp3) is 0.417. The van der Waals surface area contributed by atoms with Crippen molar-refractivity contribution in [2.75, 3.05) is 14.2 Å². The lowest BCUT2D eigenvalue weighted by molar-refractivity contribution is -0.138. The minimum Gasteiger partial charge on any atom is -0.493 e. The number of carbonyl (C=O) groups is 1. The van der Waals surface area contributed by atoms with Crippen molar-refractivity contribution in [3.05, 3.63) is 23.3 Å². The Morgan fingerprint density at radius 2 is 1.94 bits per heavy atom. The van der Waals surface area contributed by atoms with Gasteiger partial charge in [0.25, 0.3) is 0 Å². The molecular weight excluding hydrogens is 208 g/mol. The van der Waals surface area contributed by atoms with Gasteiger partial charge in [0.1, 0.15) is 0 Å². The number of aryl methyl sites for hydroxylation is 1. The van der Waals surface area contributed by atoms with Crippen molar-refractivity contribution < 1.29 is 19.4 Å². The molecule has 4 nitrogen and oxygen atoms in total. The highest BCUT2D eigenvalue weighted by Gasteiger charge is 2.29. The lowest BCUT2D eigenvalue weighted by Crippen LogP contribution is -2.08. The van der Waals surface area contributed by atoms with Gasteiger partial charge in [0.2, 0.25) is 0 Å². The SMILES string of the molecule is COc1cc2c(cc1OC)C(C(=O)O)CC2. The van der Waals surface area contributed by atoms with E-state index in [1.807, 2.05) is 6.07 Å². The van der Waals surface area contributed by atoms with Gasteiger partial charge in [-0.15, -0.1) is 0 Å². The number of hydrogen-bond acceptors (Lipinski definition) is 3. The highest BCUT2D eigenvalue weighted by Crippen LogP contribution is 2.40. The van der Waals surface area contributed by atoms with Crippen LogP contribution in [-0.4, -0.2) is 25.3 Å².